The Balaban J connectivity index is 1.76. The topological polar surface area (TPSA) is 29.1 Å². The molecule has 0 aliphatic heterocycles. The maximum Gasteiger partial charge on any atom is 0.230 e. The summed E-state index contributed by atoms with van der Waals surface area (Å²) >= 11 is 7.57. The smallest absolute Gasteiger partial charge is 0.230 e. The Labute approximate surface area is 124 Å². The SMILES string of the molecule is O=C(CSc1ccccc1Cl)NC1CCCCCC1. The van der Waals surface area contributed by atoms with Crippen LogP contribution in [0.3, 0.4) is 0 Å². The predicted molar refractivity (Wildman–Crippen MR) is 81.8 cm³/mol. The monoisotopic (exact) mass is 297 g/mol. The lowest BCUT2D eigenvalue weighted by Gasteiger charge is -2.16. The van der Waals surface area contributed by atoms with Gasteiger partial charge in [0.2, 0.25) is 5.91 Å². The zero-order chi connectivity index (χ0) is 13.5. The van der Waals surface area contributed by atoms with Gasteiger partial charge < -0.3 is 5.32 Å². The number of hydrogen-bond acceptors (Lipinski definition) is 2. The van der Waals surface area contributed by atoms with Gasteiger partial charge in [-0.2, -0.15) is 0 Å². The van der Waals surface area contributed by atoms with Crippen molar-refractivity contribution in [3.05, 3.63) is 29.3 Å². The molecule has 1 aromatic rings. The zero-order valence-corrected chi connectivity index (χ0v) is 12.6. The summed E-state index contributed by atoms with van der Waals surface area (Å²) in [4.78, 5) is 12.9. The first kappa shape index (κ1) is 14.7. The first-order valence-electron chi connectivity index (χ1n) is 6.92. The summed E-state index contributed by atoms with van der Waals surface area (Å²) in [5.41, 5.74) is 0. The number of thioether (sulfide) groups is 1. The highest BCUT2D eigenvalue weighted by Crippen LogP contribution is 2.26. The summed E-state index contributed by atoms with van der Waals surface area (Å²) in [6.45, 7) is 0. The molecule has 1 aliphatic carbocycles. The molecule has 0 aromatic heterocycles. The standard InChI is InChI=1S/C15H20ClNOS/c16-13-9-5-6-10-14(13)19-11-15(18)17-12-7-3-1-2-4-8-12/h5-6,9-10,12H,1-4,7-8,11H2,(H,17,18). The highest BCUT2D eigenvalue weighted by molar-refractivity contribution is 8.00. The molecular weight excluding hydrogens is 278 g/mol. The minimum absolute atomic E-state index is 0.122. The molecular formula is C15H20ClNOS. The highest BCUT2D eigenvalue weighted by Gasteiger charge is 2.14. The molecule has 1 fully saturated rings. The largest absolute Gasteiger partial charge is 0.353 e. The van der Waals surface area contributed by atoms with Gasteiger partial charge in [0.05, 0.1) is 10.8 Å². The van der Waals surface area contributed by atoms with Gasteiger partial charge >= 0.3 is 0 Å². The van der Waals surface area contributed by atoms with E-state index >= 15 is 0 Å². The quantitative estimate of drug-likeness (QED) is 0.664. The van der Waals surface area contributed by atoms with Crippen molar-refractivity contribution < 1.29 is 4.79 Å². The molecule has 4 heteroatoms. The second-order valence-electron chi connectivity index (χ2n) is 4.98. The molecule has 1 aromatic carbocycles. The summed E-state index contributed by atoms with van der Waals surface area (Å²) in [6, 6.07) is 8.02. The van der Waals surface area contributed by atoms with Gasteiger partial charge in [0.25, 0.3) is 0 Å². The number of amides is 1. The Hall–Kier alpha value is -0.670. The minimum atomic E-state index is 0.122. The average molecular weight is 298 g/mol. The van der Waals surface area contributed by atoms with Crippen molar-refractivity contribution >= 4 is 29.3 Å². The van der Waals surface area contributed by atoms with Gasteiger partial charge in [-0.25, -0.2) is 0 Å². The van der Waals surface area contributed by atoms with E-state index in [1.54, 1.807) is 0 Å². The van der Waals surface area contributed by atoms with Crippen LogP contribution in [-0.2, 0) is 4.79 Å². The molecule has 0 bridgehead atoms. The molecule has 1 N–H and O–H groups in total. The first-order valence-corrected chi connectivity index (χ1v) is 8.29. The van der Waals surface area contributed by atoms with E-state index in [1.165, 1.54) is 37.4 Å². The molecule has 0 heterocycles. The van der Waals surface area contributed by atoms with E-state index in [0.29, 0.717) is 11.8 Å². The van der Waals surface area contributed by atoms with E-state index in [9.17, 15) is 4.79 Å². The molecule has 1 amide bonds. The van der Waals surface area contributed by atoms with E-state index in [4.69, 9.17) is 11.6 Å². The Bertz CT molecular complexity index is 416. The van der Waals surface area contributed by atoms with Crippen LogP contribution in [0.1, 0.15) is 38.5 Å². The van der Waals surface area contributed by atoms with Crippen LogP contribution in [0.5, 0.6) is 0 Å². The number of hydrogen-bond donors (Lipinski definition) is 1. The summed E-state index contributed by atoms with van der Waals surface area (Å²) in [5, 5.41) is 3.86. The molecule has 0 unspecified atom stereocenters. The second kappa shape index (κ2) is 7.81. The van der Waals surface area contributed by atoms with Gasteiger partial charge in [-0.15, -0.1) is 11.8 Å². The van der Waals surface area contributed by atoms with Gasteiger partial charge in [-0.05, 0) is 25.0 Å². The van der Waals surface area contributed by atoms with Crippen molar-refractivity contribution in [2.24, 2.45) is 0 Å². The van der Waals surface area contributed by atoms with Crippen molar-refractivity contribution in [2.45, 2.75) is 49.5 Å². The molecule has 0 atom stereocenters. The fourth-order valence-electron chi connectivity index (χ4n) is 2.40. The van der Waals surface area contributed by atoms with Crippen molar-refractivity contribution in [3.63, 3.8) is 0 Å². The number of carbonyl (C=O) groups excluding carboxylic acids is 1. The number of nitrogens with one attached hydrogen (secondary N) is 1. The summed E-state index contributed by atoms with van der Waals surface area (Å²) in [5.74, 6) is 0.567. The van der Waals surface area contributed by atoms with E-state index in [1.807, 2.05) is 24.3 Å². The molecule has 0 radical (unpaired) electrons. The van der Waals surface area contributed by atoms with Crippen LogP contribution in [0.2, 0.25) is 5.02 Å². The van der Waals surface area contributed by atoms with Gasteiger partial charge in [0.1, 0.15) is 0 Å². The van der Waals surface area contributed by atoms with Gasteiger partial charge in [-0.1, -0.05) is 49.4 Å². The maximum absolute atomic E-state index is 11.9. The maximum atomic E-state index is 11.9. The van der Waals surface area contributed by atoms with E-state index in [0.717, 1.165) is 22.8 Å². The lowest BCUT2D eigenvalue weighted by Crippen LogP contribution is -2.35. The predicted octanol–water partition coefficient (Wildman–Crippen LogP) is 4.27. The van der Waals surface area contributed by atoms with Crippen LogP contribution >= 0.6 is 23.4 Å². The molecule has 2 nitrogen and oxygen atoms in total. The van der Waals surface area contributed by atoms with Crippen LogP contribution in [0.25, 0.3) is 0 Å². The lowest BCUT2D eigenvalue weighted by molar-refractivity contribution is -0.119. The third-order valence-electron chi connectivity index (χ3n) is 3.42. The number of carbonyl (C=O) groups is 1. The average Bonchev–Trinajstić information content (AvgIpc) is 2.66. The van der Waals surface area contributed by atoms with Crippen LogP contribution in [-0.4, -0.2) is 17.7 Å². The summed E-state index contributed by atoms with van der Waals surface area (Å²) in [6.07, 6.45) is 7.34. The van der Waals surface area contributed by atoms with Crippen LogP contribution in [0.15, 0.2) is 29.2 Å². The van der Waals surface area contributed by atoms with Gasteiger partial charge in [0.15, 0.2) is 0 Å². The second-order valence-corrected chi connectivity index (χ2v) is 6.40. The number of rotatable bonds is 4. The van der Waals surface area contributed by atoms with Crippen molar-refractivity contribution in [2.75, 3.05) is 5.75 Å². The normalized spacial score (nSPS) is 16.9. The molecule has 2 rings (SSSR count). The highest BCUT2D eigenvalue weighted by atomic mass is 35.5. The van der Waals surface area contributed by atoms with Gasteiger partial charge in [0, 0.05) is 10.9 Å². The fourth-order valence-corrected chi connectivity index (χ4v) is 3.45. The van der Waals surface area contributed by atoms with Crippen LogP contribution < -0.4 is 5.32 Å². The number of halogens is 1. The Morgan fingerprint density at radius 1 is 1.21 bits per heavy atom. The van der Waals surface area contributed by atoms with Crippen LogP contribution in [0.4, 0.5) is 0 Å². The Kier molecular flexibility index (Phi) is 6.05. The molecule has 104 valence electrons. The first-order chi connectivity index (χ1) is 9.25. The molecule has 1 aliphatic rings. The van der Waals surface area contributed by atoms with Crippen molar-refractivity contribution in [3.8, 4) is 0 Å². The van der Waals surface area contributed by atoms with E-state index in [2.05, 4.69) is 5.32 Å². The Morgan fingerprint density at radius 2 is 1.89 bits per heavy atom. The zero-order valence-electron chi connectivity index (χ0n) is 11.0. The summed E-state index contributed by atoms with van der Waals surface area (Å²) < 4.78 is 0. The minimum Gasteiger partial charge on any atom is -0.353 e. The number of benzene rings is 1. The summed E-state index contributed by atoms with van der Waals surface area (Å²) in [7, 11) is 0. The third kappa shape index (κ3) is 5.07. The van der Waals surface area contributed by atoms with E-state index in [-0.39, 0.29) is 5.91 Å². The molecule has 0 saturated heterocycles. The van der Waals surface area contributed by atoms with Crippen molar-refractivity contribution in [1.29, 1.82) is 0 Å². The fraction of sp³-hybridized carbons (Fsp3) is 0.533. The lowest BCUT2D eigenvalue weighted by atomic mass is 10.1. The van der Waals surface area contributed by atoms with E-state index < -0.39 is 0 Å². The molecule has 19 heavy (non-hydrogen) atoms. The Morgan fingerprint density at radius 3 is 2.58 bits per heavy atom. The molecule has 1 saturated carbocycles. The molecule has 0 spiro atoms. The van der Waals surface area contributed by atoms with Crippen molar-refractivity contribution in [1.82, 2.24) is 5.32 Å². The van der Waals surface area contributed by atoms with Gasteiger partial charge in [-0.3, -0.25) is 4.79 Å². The van der Waals surface area contributed by atoms with Crippen LogP contribution in [0, 0.1) is 0 Å². The third-order valence-corrected chi connectivity index (χ3v) is 4.93.